The monoisotopic (exact) mass is 287 g/mol. The SMILES string of the molecule is C=C1NC(=O)C(N2Cc3ccccc3C2=O)C(=O)N1.CC. The molecule has 1 aromatic carbocycles. The molecular formula is C15H17N3O3. The van der Waals surface area contributed by atoms with Crippen LogP contribution < -0.4 is 10.6 Å². The zero-order chi connectivity index (χ0) is 15.6. The first-order chi connectivity index (χ1) is 10.1. The molecule has 0 saturated carbocycles. The molecule has 2 aliphatic heterocycles. The number of hydrogen-bond donors (Lipinski definition) is 2. The number of carbonyl (C=O) groups excluding carboxylic acids is 3. The molecule has 2 N–H and O–H groups in total. The highest BCUT2D eigenvalue weighted by Crippen LogP contribution is 2.25. The lowest BCUT2D eigenvalue weighted by Gasteiger charge is -2.30. The first kappa shape index (κ1) is 14.8. The summed E-state index contributed by atoms with van der Waals surface area (Å²) in [4.78, 5) is 37.2. The van der Waals surface area contributed by atoms with Crippen molar-refractivity contribution in [2.24, 2.45) is 0 Å². The normalized spacial score (nSPS) is 17.7. The van der Waals surface area contributed by atoms with Crippen LogP contribution in [0.4, 0.5) is 0 Å². The molecule has 1 saturated heterocycles. The van der Waals surface area contributed by atoms with Crippen molar-refractivity contribution in [3.05, 3.63) is 47.8 Å². The number of carbonyl (C=O) groups is 3. The second-order valence-electron chi connectivity index (χ2n) is 4.45. The van der Waals surface area contributed by atoms with E-state index in [-0.39, 0.29) is 18.3 Å². The Balaban J connectivity index is 0.000000774. The van der Waals surface area contributed by atoms with Crippen LogP contribution in [0.25, 0.3) is 0 Å². The van der Waals surface area contributed by atoms with E-state index in [1.54, 1.807) is 12.1 Å². The Kier molecular flexibility index (Phi) is 4.07. The summed E-state index contributed by atoms with van der Waals surface area (Å²) in [5, 5.41) is 4.85. The second kappa shape index (κ2) is 5.78. The summed E-state index contributed by atoms with van der Waals surface area (Å²) in [6.07, 6.45) is 0. The molecule has 1 fully saturated rings. The molecule has 0 radical (unpaired) electrons. The summed E-state index contributed by atoms with van der Waals surface area (Å²) in [6.45, 7) is 7.72. The Morgan fingerprint density at radius 1 is 1.10 bits per heavy atom. The minimum Gasteiger partial charge on any atom is -0.314 e. The fourth-order valence-corrected chi connectivity index (χ4v) is 2.35. The number of fused-ring (bicyclic) bond motifs is 1. The Hall–Kier alpha value is -2.63. The lowest BCUT2D eigenvalue weighted by Crippen LogP contribution is -2.60. The molecule has 0 unspecified atom stereocenters. The maximum Gasteiger partial charge on any atom is 0.258 e. The van der Waals surface area contributed by atoms with Gasteiger partial charge in [-0.2, -0.15) is 0 Å². The van der Waals surface area contributed by atoms with Gasteiger partial charge in [-0.3, -0.25) is 14.4 Å². The van der Waals surface area contributed by atoms with Crippen molar-refractivity contribution in [3.63, 3.8) is 0 Å². The summed E-state index contributed by atoms with van der Waals surface area (Å²) >= 11 is 0. The van der Waals surface area contributed by atoms with Crippen LogP contribution in [0.15, 0.2) is 36.7 Å². The van der Waals surface area contributed by atoms with E-state index in [9.17, 15) is 14.4 Å². The van der Waals surface area contributed by atoms with E-state index in [1.807, 2.05) is 26.0 Å². The molecule has 1 aromatic rings. The summed E-state index contributed by atoms with van der Waals surface area (Å²) in [5.74, 6) is -1.24. The van der Waals surface area contributed by atoms with Crippen LogP contribution in [-0.4, -0.2) is 28.7 Å². The summed E-state index contributed by atoms with van der Waals surface area (Å²) in [7, 11) is 0. The van der Waals surface area contributed by atoms with Crippen molar-refractivity contribution in [1.82, 2.24) is 15.5 Å². The lowest BCUT2D eigenvalue weighted by atomic mass is 10.1. The lowest BCUT2D eigenvalue weighted by molar-refractivity contribution is -0.137. The van der Waals surface area contributed by atoms with Crippen LogP contribution in [0.3, 0.4) is 0 Å². The molecule has 6 heteroatoms. The van der Waals surface area contributed by atoms with Gasteiger partial charge in [0.15, 0.2) is 6.04 Å². The highest BCUT2D eigenvalue weighted by molar-refractivity contribution is 6.12. The predicted octanol–water partition coefficient (Wildman–Crippen LogP) is 0.754. The van der Waals surface area contributed by atoms with Crippen LogP contribution in [0.5, 0.6) is 0 Å². The van der Waals surface area contributed by atoms with E-state index in [2.05, 4.69) is 17.2 Å². The maximum absolute atomic E-state index is 12.2. The molecule has 0 atom stereocenters. The molecule has 2 aliphatic rings. The van der Waals surface area contributed by atoms with Crippen LogP contribution in [0.2, 0.25) is 0 Å². The van der Waals surface area contributed by atoms with Gasteiger partial charge in [0, 0.05) is 12.1 Å². The molecule has 0 aromatic heterocycles. The maximum atomic E-state index is 12.2. The largest absolute Gasteiger partial charge is 0.314 e. The molecular weight excluding hydrogens is 270 g/mol. The average molecular weight is 287 g/mol. The second-order valence-corrected chi connectivity index (χ2v) is 4.45. The molecule has 6 nitrogen and oxygen atoms in total. The fraction of sp³-hybridized carbons (Fsp3) is 0.267. The van der Waals surface area contributed by atoms with Crippen molar-refractivity contribution in [3.8, 4) is 0 Å². The Labute approximate surface area is 122 Å². The van der Waals surface area contributed by atoms with Crippen LogP contribution in [0, 0.1) is 0 Å². The van der Waals surface area contributed by atoms with Gasteiger partial charge in [-0.05, 0) is 11.6 Å². The predicted molar refractivity (Wildman–Crippen MR) is 76.9 cm³/mol. The van der Waals surface area contributed by atoms with Gasteiger partial charge in [0.2, 0.25) is 0 Å². The van der Waals surface area contributed by atoms with Gasteiger partial charge < -0.3 is 15.5 Å². The third-order valence-corrected chi connectivity index (χ3v) is 3.21. The Morgan fingerprint density at radius 2 is 1.67 bits per heavy atom. The molecule has 0 spiro atoms. The summed E-state index contributed by atoms with van der Waals surface area (Å²) in [6, 6.07) is 5.92. The number of benzene rings is 1. The third kappa shape index (κ3) is 2.52. The zero-order valence-corrected chi connectivity index (χ0v) is 12.0. The molecule has 0 bridgehead atoms. The minimum atomic E-state index is -1.15. The van der Waals surface area contributed by atoms with E-state index in [1.165, 1.54) is 4.90 Å². The van der Waals surface area contributed by atoms with Crippen LogP contribution in [-0.2, 0) is 16.1 Å². The minimum absolute atomic E-state index is 0.135. The van der Waals surface area contributed by atoms with Gasteiger partial charge in [-0.1, -0.05) is 38.6 Å². The van der Waals surface area contributed by atoms with Crippen LogP contribution >= 0.6 is 0 Å². The summed E-state index contributed by atoms with van der Waals surface area (Å²) < 4.78 is 0. The topological polar surface area (TPSA) is 78.5 Å². The van der Waals surface area contributed by atoms with Gasteiger partial charge in [-0.25, -0.2) is 0 Å². The third-order valence-electron chi connectivity index (χ3n) is 3.21. The number of amides is 3. The molecule has 21 heavy (non-hydrogen) atoms. The molecule has 3 amide bonds. The molecule has 3 rings (SSSR count). The van der Waals surface area contributed by atoms with Crippen molar-refractivity contribution in [2.45, 2.75) is 26.4 Å². The van der Waals surface area contributed by atoms with Gasteiger partial charge in [0.25, 0.3) is 17.7 Å². The van der Waals surface area contributed by atoms with Crippen LogP contribution in [0.1, 0.15) is 29.8 Å². The smallest absolute Gasteiger partial charge is 0.258 e. The van der Waals surface area contributed by atoms with Crippen molar-refractivity contribution < 1.29 is 14.4 Å². The van der Waals surface area contributed by atoms with E-state index in [0.717, 1.165) is 5.56 Å². The van der Waals surface area contributed by atoms with Crippen molar-refractivity contribution >= 4 is 17.7 Å². The standard InChI is InChI=1S/C13H11N3O3.C2H6/c1-7-14-11(17)10(12(18)15-7)16-6-8-4-2-3-5-9(8)13(16)19;1-2/h2-5,10H,1,6H2,(H,14,17)(H,15,18);1-2H3. The van der Waals surface area contributed by atoms with E-state index in [0.29, 0.717) is 5.56 Å². The number of hydrogen-bond acceptors (Lipinski definition) is 3. The van der Waals surface area contributed by atoms with Gasteiger partial charge >= 0.3 is 0 Å². The van der Waals surface area contributed by atoms with Gasteiger partial charge in [0.1, 0.15) is 5.82 Å². The van der Waals surface area contributed by atoms with E-state index < -0.39 is 17.9 Å². The number of rotatable bonds is 1. The Morgan fingerprint density at radius 3 is 2.24 bits per heavy atom. The summed E-state index contributed by atoms with van der Waals surface area (Å²) in [5.41, 5.74) is 1.35. The highest BCUT2D eigenvalue weighted by atomic mass is 16.2. The fourth-order valence-electron chi connectivity index (χ4n) is 2.35. The number of nitrogens with one attached hydrogen (secondary N) is 2. The quantitative estimate of drug-likeness (QED) is 0.748. The van der Waals surface area contributed by atoms with Gasteiger partial charge in [0.05, 0.1) is 0 Å². The highest BCUT2D eigenvalue weighted by Gasteiger charge is 2.42. The average Bonchev–Trinajstić information content (AvgIpc) is 2.78. The van der Waals surface area contributed by atoms with E-state index >= 15 is 0 Å². The molecule has 110 valence electrons. The van der Waals surface area contributed by atoms with E-state index in [4.69, 9.17) is 0 Å². The molecule has 0 aliphatic carbocycles. The van der Waals surface area contributed by atoms with Crippen molar-refractivity contribution in [1.29, 1.82) is 0 Å². The van der Waals surface area contributed by atoms with Crippen molar-refractivity contribution in [2.75, 3.05) is 0 Å². The Bertz CT molecular complexity index is 604. The number of nitrogens with zero attached hydrogens (tertiary/aromatic N) is 1. The van der Waals surface area contributed by atoms with Gasteiger partial charge in [-0.15, -0.1) is 0 Å². The molecule has 2 heterocycles. The first-order valence-corrected chi connectivity index (χ1v) is 6.77. The zero-order valence-electron chi connectivity index (χ0n) is 12.0. The first-order valence-electron chi connectivity index (χ1n) is 6.77.